The molecule has 0 saturated heterocycles. The standard InChI is InChI=1S/C14H13Cl2N2O2/c1-8(2)9-7-12(17-18(3)14(9)19)20-13-10(15)5-4-6-11(13)16/h5-8H,1-3H3. The van der Waals surface area contributed by atoms with E-state index < -0.39 is 0 Å². The molecule has 0 spiro atoms. The monoisotopic (exact) mass is 311 g/mol. The van der Waals surface area contributed by atoms with Crippen molar-refractivity contribution in [2.45, 2.75) is 19.8 Å². The summed E-state index contributed by atoms with van der Waals surface area (Å²) in [5.74, 6) is 0.632. The van der Waals surface area contributed by atoms with Crippen LogP contribution >= 0.6 is 23.2 Å². The molecular formula is C14H13Cl2N2O2. The predicted octanol–water partition coefficient (Wildman–Crippen LogP) is 3.80. The highest BCUT2D eigenvalue weighted by Gasteiger charge is 2.13. The first-order valence-corrected chi connectivity index (χ1v) is 6.77. The third-order valence-corrected chi connectivity index (χ3v) is 3.31. The van der Waals surface area contributed by atoms with Gasteiger partial charge in [-0.1, -0.05) is 37.0 Å². The molecule has 2 aromatic rings. The van der Waals surface area contributed by atoms with E-state index in [0.29, 0.717) is 21.4 Å². The lowest BCUT2D eigenvalue weighted by molar-refractivity contribution is 0.437. The first kappa shape index (κ1) is 14.9. The normalized spacial score (nSPS) is 10.9. The van der Waals surface area contributed by atoms with Gasteiger partial charge in [0.05, 0.1) is 10.0 Å². The van der Waals surface area contributed by atoms with Crippen LogP contribution in [0.15, 0.2) is 23.0 Å². The quantitative estimate of drug-likeness (QED) is 0.866. The van der Waals surface area contributed by atoms with Crippen molar-refractivity contribution in [2.24, 2.45) is 7.05 Å². The molecule has 6 heteroatoms. The fraction of sp³-hybridized carbons (Fsp3) is 0.286. The number of hydrogen-bond acceptors (Lipinski definition) is 3. The summed E-state index contributed by atoms with van der Waals surface area (Å²) in [6.45, 7) is 3.86. The Morgan fingerprint density at radius 2 is 1.90 bits per heavy atom. The Hall–Kier alpha value is -1.52. The van der Waals surface area contributed by atoms with E-state index in [1.54, 1.807) is 25.2 Å². The van der Waals surface area contributed by atoms with E-state index in [4.69, 9.17) is 27.9 Å². The highest BCUT2D eigenvalue weighted by molar-refractivity contribution is 6.37. The van der Waals surface area contributed by atoms with Crippen molar-refractivity contribution >= 4 is 23.2 Å². The molecule has 20 heavy (non-hydrogen) atoms. The molecule has 1 radical (unpaired) electrons. The molecule has 0 atom stereocenters. The minimum Gasteiger partial charge on any atom is -0.434 e. The molecule has 1 aromatic carbocycles. The van der Waals surface area contributed by atoms with Gasteiger partial charge in [-0.2, -0.15) is 0 Å². The highest BCUT2D eigenvalue weighted by atomic mass is 35.5. The van der Waals surface area contributed by atoms with Crippen LogP contribution in [0.5, 0.6) is 11.6 Å². The fourth-order valence-electron chi connectivity index (χ4n) is 1.70. The summed E-state index contributed by atoms with van der Waals surface area (Å²) in [6, 6.07) is 7.49. The van der Waals surface area contributed by atoms with E-state index in [2.05, 4.69) is 11.2 Å². The zero-order valence-electron chi connectivity index (χ0n) is 11.3. The van der Waals surface area contributed by atoms with Crippen LogP contribution in [0.4, 0.5) is 0 Å². The van der Waals surface area contributed by atoms with Gasteiger partial charge in [0.2, 0.25) is 5.88 Å². The van der Waals surface area contributed by atoms with E-state index in [0.717, 1.165) is 0 Å². The summed E-state index contributed by atoms with van der Waals surface area (Å²) in [5.41, 5.74) is 0.471. The number of ether oxygens (including phenoxy) is 1. The van der Waals surface area contributed by atoms with Gasteiger partial charge in [0.1, 0.15) is 0 Å². The molecule has 0 saturated carbocycles. The molecule has 4 nitrogen and oxygen atoms in total. The second-order valence-electron chi connectivity index (χ2n) is 4.60. The minimum atomic E-state index is -0.147. The molecule has 1 heterocycles. The topological polar surface area (TPSA) is 44.1 Å². The summed E-state index contributed by atoms with van der Waals surface area (Å²) < 4.78 is 6.85. The fourth-order valence-corrected chi connectivity index (χ4v) is 2.16. The molecule has 0 bridgehead atoms. The Kier molecular flexibility index (Phi) is 4.35. The van der Waals surface area contributed by atoms with Gasteiger partial charge in [-0.3, -0.25) is 4.79 Å². The van der Waals surface area contributed by atoms with Gasteiger partial charge in [0.25, 0.3) is 5.56 Å². The number of benzene rings is 1. The Morgan fingerprint density at radius 3 is 2.45 bits per heavy atom. The Bertz CT molecular complexity index is 676. The Morgan fingerprint density at radius 1 is 1.30 bits per heavy atom. The maximum atomic E-state index is 11.9. The van der Waals surface area contributed by atoms with Gasteiger partial charge in [-0.15, -0.1) is 5.10 Å². The maximum Gasteiger partial charge on any atom is 0.270 e. The number of rotatable bonds is 3. The third-order valence-electron chi connectivity index (χ3n) is 2.75. The number of nitrogens with zero attached hydrogens (tertiary/aromatic N) is 2. The zero-order chi connectivity index (χ0) is 14.9. The average Bonchev–Trinajstić information content (AvgIpc) is 2.37. The molecule has 0 amide bonds. The second kappa shape index (κ2) is 5.85. The second-order valence-corrected chi connectivity index (χ2v) is 5.42. The lowest BCUT2D eigenvalue weighted by atomic mass is 10.1. The van der Waals surface area contributed by atoms with Crippen LogP contribution in [0.25, 0.3) is 0 Å². The van der Waals surface area contributed by atoms with Crippen LogP contribution in [0.3, 0.4) is 0 Å². The molecule has 0 aliphatic heterocycles. The smallest absolute Gasteiger partial charge is 0.270 e. The van der Waals surface area contributed by atoms with E-state index in [1.807, 2.05) is 13.8 Å². The van der Waals surface area contributed by atoms with Gasteiger partial charge in [-0.05, 0) is 24.1 Å². The lowest BCUT2D eigenvalue weighted by Gasteiger charge is -2.12. The van der Waals surface area contributed by atoms with Crippen LogP contribution in [-0.2, 0) is 7.05 Å². The molecular weight excluding hydrogens is 299 g/mol. The van der Waals surface area contributed by atoms with Crippen molar-refractivity contribution in [3.8, 4) is 11.6 Å². The van der Waals surface area contributed by atoms with E-state index >= 15 is 0 Å². The summed E-state index contributed by atoms with van der Waals surface area (Å²) in [6.07, 6.45) is 0. The van der Waals surface area contributed by atoms with Gasteiger partial charge >= 0.3 is 0 Å². The van der Waals surface area contributed by atoms with Crippen molar-refractivity contribution in [3.63, 3.8) is 0 Å². The molecule has 0 unspecified atom stereocenters. The van der Waals surface area contributed by atoms with Crippen LogP contribution < -0.4 is 10.3 Å². The van der Waals surface area contributed by atoms with Gasteiger partial charge in [-0.25, -0.2) is 4.68 Å². The van der Waals surface area contributed by atoms with Gasteiger partial charge in [0.15, 0.2) is 5.75 Å². The summed E-state index contributed by atoms with van der Waals surface area (Å²) in [5, 5.41) is 4.71. The van der Waals surface area contributed by atoms with E-state index in [9.17, 15) is 4.79 Å². The molecule has 0 fully saturated rings. The Balaban J connectivity index is 2.47. The van der Waals surface area contributed by atoms with Crippen molar-refractivity contribution in [1.82, 2.24) is 9.78 Å². The zero-order valence-corrected chi connectivity index (χ0v) is 12.8. The lowest BCUT2D eigenvalue weighted by Crippen LogP contribution is -2.24. The van der Waals surface area contributed by atoms with E-state index in [1.165, 1.54) is 4.68 Å². The number of hydrogen-bond donors (Lipinski definition) is 0. The van der Waals surface area contributed by atoms with Crippen molar-refractivity contribution in [3.05, 3.63) is 50.2 Å². The van der Waals surface area contributed by atoms with Gasteiger partial charge < -0.3 is 4.74 Å². The predicted molar refractivity (Wildman–Crippen MR) is 78.9 cm³/mol. The Labute approximate surface area is 126 Å². The van der Waals surface area contributed by atoms with Crippen LogP contribution in [0.1, 0.15) is 25.3 Å². The third kappa shape index (κ3) is 2.97. The molecule has 105 valence electrons. The van der Waals surface area contributed by atoms with Crippen LogP contribution in [0, 0.1) is 6.07 Å². The van der Waals surface area contributed by atoms with Crippen molar-refractivity contribution in [1.29, 1.82) is 0 Å². The largest absolute Gasteiger partial charge is 0.434 e. The SMILES string of the molecule is CC(C)c1cc(Oc2c(Cl)c[c]cc2Cl)nn(C)c1=O. The number of halogens is 2. The molecule has 0 aliphatic carbocycles. The highest BCUT2D eigenvalue weighted by Crippen LogP contribution is 2.35. The molecule has 0 N–H and O–H groups in total. The maximum absolute atomic E-state index is 11.9. The molecule has 2 rings (SSSR count). The van der Waals surface area contributed by atoms with Crippen LogP contribution in [0.2, 0.25) is 10.0 Å². The van der Waals surface area contributed by atoms with Crippen LogP contribution in [-0.4, -0.2) is 9.78 Å². The van der Waals surface area contributed by atoms with Gasteiger partial charge in [0, 0.05) is 18.7 Å². The minimum absolute atomic E-state index is 0.0640. The first-order valence-electron chi connectivity index (χ1n) is 6.01. The van der Waals surface area contributed by atoms with E-state index in [-0.39, 0.29) is 17.4 Å². The number of aromatic nitrogens is 2. The van der Waals surface area contributed by atoms with Crippen molar-refractivity contribution < 1.29 is 4.74 Å². The first-order chi connectivity index (χ1) is 9.40. The molecule has 1 aromatic heterocycles. The summed E-state index contributed by atoms with van der Waals surface area (Å²) in [7, 11) is 1.57. The summed E-state index contributed by atoms with van der Waals surface area (Å²) in [4.78, 5) is 11.9. The van der Waals surface area contributed by atoms with Crippen molar-refractivity contribution in [2.75, 3.05) is 0 Å². The number of aryl methyl sites for hydroxylation is 1. The molecule has 0 aliphatic rings. The summed E-state index contributed by atoms with van der Waals surface area (Å²) >= 11 is 12.0. The average molecular weight is 312 g/mol.